The third kappa shape index (κ3) is 2.21. The summed E-state index contributed by atoms with van der Waals surface area (Å²) in [7, 11) is 0. The molecule has 0 amide bonds. The Morgan fingerprint density at radius 3 is 2.89 bits per heavy atom. The smallest absolute Gasteiger partial charge is 0.396 e. The minimum atomic E-state index is -0.646. The number of aromatic nitrogens is 1. The maximum atomic E-state index is 10.9. The number of benzene rings is 1. The van der Waals surface area contributed by atoms with Crippen molar-refractivity contribution in [3.05, 3.63) is 46.4 Å². The molecule has 0 aliphatic carbocycles. The highest BCUT2D eigenvalue weighted by Crippen LogP contribution is 2.31. The molecule has 0 saturated carbocycles. The van der Waals surface area contributed by atoms with Crippen LogP contribution in [0.5, 0.6) is 0 Å². The Morgan fingerprint density at radius 1 is 1.33 bits per heavy atom. The van der Waals surface area contributed by atoms with Gasteiger partial charge in [0.1, 0.15) is 5.76 Å². The SMILES string of the molecule is Cc1oc(=O)oc1CSc1nc2ccccc2s1. The van der Waals surface area contributed by atoms with Crippen molar-refractivity contribution in [3.8, 4) is 0 Å². The van der Waals surface area contributed by atoms with Crippen LogP contribution in [0.4, 0.5) is 0 Å². The highest BCUT2D eigenvalue weighted by molar-refractivity contribution is 8.00. The average Bonchev–Trinajstić information content (AvgIpc) is 2.89. The Morgan fingerprint density at radius 2 is 2.17 bits per heavy atom. The van der Waals surface area contributed by atoms with Crippen LogP contribution in [0.3, 0.4) is 0 Å². The van der Waals surface area contributed by atoms with Gasteiger partial charge in [-0.05, 0) is 19.1 Å². The van der Waals surface area contributed by atoms with Crippen molar-refractivity contribution in [2.24, 2.45) is 0 Å². The molecule has 0 radical (unpaired) electrons. The molecule has 0 atom stereocenters. The molecular weight excluding hydrogens is 270 g/mol. The second kappa shape index (κ2) is 4.62. The molecule has 6 heteroatoms. The van der Waals surface area contributed by atoms with Crippen LogP contribution in [0.15, 0.2) is 42.2 Å². The standard InChI is InChI=1S/C12H9NO3S2/c1-7-9(16-12(14)15-7)6-17-11-13-8-4-2-3-5-10(8)18-11/h2-5H,6H2,1H3. The Bertz CT molecular complexity index is 708. The highest BCUT2D eigenvalue weighted by Gasteiger charge is 2.10. The van der Waals surface area contributed by atoms with Gasteiger partial charge in [-0.3, -0.25) is 0 Å². The minimum Gasteiger partial charge on any atom is -0.396 e. The molecule has 0 unspecified atom stereocenters. The van der Waals surface area contributed by atoms with Crippen molar-refractivity contribution < 1.29 is 8.83 Å². The van der Waals surface area contributed by atoms with Gasteiger partial charge in [0.05, 0.1) is 16.0 Å². The van der Waals surface area contributed by atoms with Crippen LogP contribution >= 0.6 is 23.1 Å². The fraction of sp³-hybridized carbons (Fsp3) is 0.167. The molecule has 2 aromatic heterocycles. The number of fused-ring (bicyclic) bond motifs is 1. The number of aryl methyl sites for hydroxylation is 1. The molecule has 0 fully saturated rings. The number of thioether (sulfide) groups is 1. The summed E-state index contributed by atoms with van der Waals surface area (Å²) >= 11 is 3.17. The summed E-state index contributed by atoms with van der Waals surface area (Å²) in [6, 6.07) is 7.99. The first-order chi connectivity index (χ1) is 8.72. The quantitative estimate of drug-likeness (QED) is 0.687. The van der Waals surface area contributed by atoms with Gasteiger partial charge in [-0.2, -0.15) is 0 Å². The van der Waals surface area contributed by atoms with Crippen LogP contribution in [-0.2, 0) is 5.75 Å². The van der Waals surface area contributed by atoms with Gasteiger partial charge in [0.2, 0.25) is 0 Å². The fourth-order valence-electron chi connectivity index (χ4n) is 1.55. The van der Waals surface area contributed by atoms with E-state index in [1.54, 1.807) is 30.0 Å². The summed E-state index contributed by atoms with van der Waals surface area (Å²) in [6.07, 6.45) is 0. The molecular formula is C12H9NO3S2. The highest BCUT2D eigenvalue weighted by atomic mass is 32.2. The Hall–Kier alpha value is -1.53. The number of hydrogen-bond donors (Lipinski definition) is 0. The van der Waals surface area contributed by atoms with E-state index in [-0.39, 0.29) is 0 Å². The minimum absolute atomic E-state index is 0.536. The predicted octanol–water partition coefficient (Wildman–Crippen LogP) is 3.44. The first kappa shape index (κ1) is 11.6. The first-order valence-corrected chi connectivity index (χ1v) is 7.10. The van der Waals surface area contributed by atoms with Crippen molar-refractivity contribution >= 4 is 33.3 Å². The second-order valence-corrected chi connectivity index (χ2v) is 5.92. The van der Waals surface area contributed by atoms with Gasteiger partial charge in [0, 0.05) is 0 Å². The van der Waals surface area contributed by atoms with Gasteiger partial charge >= 0.3 is 5.82 Å². The number of nitrogens with zero attached hydrogens (tertiary/aromatic N) is 1. The zero-order chi connectivity index (χ0) is 12.5. The van der Waals surface area contributed by atoms with Gasteiger partial charge in [-0.15, -0.1) is 11.3 Å². The van der Waals surface area contributed by atoms with Gasteiger partial charge in [-0.25, -0.2) is 9.78 Å². The van der Waals surface area contributed by atoms with Crippen molar-refractivity contribution in [1.29, 1.82) is 0 Å². The number of para-hydroxylation sites is 1. The summed E-state index contributed by atoms with van der Waals surface area (Å²) in [6.45, 7) is 1.72. The molecule has 0 N–H and O–H groups in total. The van der Waals surface area contributed by atoms with E-state index < -0.39 is 5.82 Å². The molecule has 4 nitrogen and oxygen atoms in total. The van der Waals surface area contributed by atoms with E-state index in [2.05, 4.69) is 4.98 Å². The van der Waals surface area contributed by atoms with Crippen molar-refractivity contribution in [2.75, 3.05) is 0 Å². The predicted molar refractivity (Wildman–Crippen MR) is 71.2 cm³/mol. The zero-order valence-electron chi connectivity index (χ0n) is 9.50. The Balaban J connectivity index is 1.80. The topological polar surface area (TPSA) is 56.2 Å². The fourth-order valence-corrected chi connectivity index (χ4v) is 3.60. The molecule has 0 spiro atoms. The molecule has 0 saturated heterocycles. The van der Waals surface area contributed by atoms with Crippen LogP contribution in [0.1, 0.15) is 11.5 Å². The molecule has 18 heavy (non-hydrogen) atoms. The van der Waals surface area contributed by atoms with E-state index in [0.29, 0.717) is 17.3 Å². The van der Waals surface area contributed by atoms with Crippen molar-refractivity contribution in [1.82, 2.24) is 4.98 Å². The lowest BCUT2D eigenvalue weighted by Gasteiger charge is -1.92. The van der Waals surface area contributed by atoms with Crippen LogP contribution < -0.4 is 5.82 Å². The Kier molecular flexibility index (Phi) is 2.97. The van der Waals surface area contributed by atoms with E-state index in [9.17, 15) is 4.79 Å². The average molecular weight is 279 g/mol. The van der Waals surface area contributed by atoms with Gasteiger partial charge in [-0.1, -0.05) is 23.9 Å². The number of rotatable bonds is 3. The van der Waals surface area contributed by atoms with Crippen LogP contribution in [0.2, 0.25) is 0 Å². The molecule has 3 rings (SSSR count). The van der Waals surface area contributed by atoms with E-state index in [1.165, 1.54) is 0 Å². The molecule has 0 bridgehead atoms. The number of hydrogen-bond acceptors (Lipinski definition) is 6. The van der Waals surface area contributed by atoms with Crippen molar-refractivity contribution in [2.45, 2.75) is 17.0 Å². The maximum absolute atomic E-state index is 10.9. The third-order valence-electron chi connectivity index (χ3n) is 2.44. The van der Waals surface area contributed by atoms with Crippen LogP contribution in [0, 0.1) is 6.92 Å². The number of thiazole rings is 1. The molecule has 3 aromatic rings. The van der Waals surface area contributed by atoms with E-state index in [4.69, 9.17) is 8.83 Å². The normalized spacial score (nSPS) is 11.2. The third-order valence-corrected chi connectivity index (χ3v) is 4.62. The molecule has 0 aliphatic rings. The van der Waals surface area contributed by atoms with E-state index in [1.807, 2.05) is 24.3 Å². The van der Waals surface area contributed by atoms with E-state index >= 15 is 0 Å². The molecule has 2 heterocycles. The lowest BCUT2D eigenvalue weighted by Crippen LogP contribution is -1.86. The Labute approximate surface area is 111 Å². The monoisotopic (exact) mass is 279 g/mol. The maximum Gasteiger partial charge on any atom is 0.519 e. The van der Waals surface area contributed by atoms with Crippen molar-refractivity contribution in [3.63, 3.8) is 0 Å². The molecule has 92 valence electrons. The first-order valence-electron chi connectivity index (χ1n) is 5.30. The summed E-state index contributed by atoms with van der Waals surface area (Å²) < 4.78 is 11.9. The lowest BCUT2D eigenvalue weighted by molar-refractivity contribution is 0.372. The van der Waals surface area contributed by atoms with Gasteiger partial charge in [0.25, 0.3) is 0 Å². The lowest BCUT2D eigenvalue weighted by atomic mass is 10.3. The summed E-state index contributed by atoms with van der Waals surface area (Å²) in [5, 5.41) is 0. The van der Waals surface area contributed by atoms with E-state index in [0.717, 1.165) is 14.6 Å². The largest absolute Gasteiger partial charge is 0.519 e. The summed E-state index contributed by atoms with van der Waals surface area (Å²) in [5.74, 6) is 1.02. The van der Waals surface area contributed by atoms with Crippen LogP contribution in [0.25, 0.3) is 10.2 Å². The second-order valence-electron chi connectivity index (χ2n) is 3.67. The van der Waals surface area contributed by atoms with Crippen LogP contribution in [-0.4, -0.2) is 4.98 Å². The summed E-state index contributed by atoms with van der Waals surface area (Å²) in [5.41, 5.74) is 0.996. The van der Waals surface area contributed by atoms with Gasteiger partial charge in [0.15, 0.2) is 10.1 Å². The molecule has 0 aliphatic heterocycles. The molecule has 1 aromatic carbocycles. The summed E-state index contributed by atoms with van der Waals surface area (Å²) in [4.78, 5) is 15.4. The zero-order valence-corrected chi connectivity index (χ0v) is 11.1. The van der Waals surface area contributed by atoms with Gasteiger partial charge < -0.3 is 8.83 Å².